The zero-order chi connectivity index (χ0) is 21.0. The highest BCUT2D eigenvalue weighted by Gasteiger charge is 2.38. The predicted molar refractivity (Wildman–Crippen MR) is 124 cm³/mol. The molecule has 3 aromatic carbocycles. The first-order chi connectivity index (χ1) is 13.8. The monoisotopic (exact) mass is 422 g/mol. The maximum absolute atomic E-state index is 13.0. The Kier molecular flexibility index (Phi) is 6.61. The SMILES string of the molecule is Cc1ccc(C(OC(=O)c2cccc(Cl)c2)C(C)[Si](C)(C)c2ccccc2)cc1. The van der Waals surface area contributed by atoms with Gasteiger partial charge >= 0.3 is 5.97 Å². The summed E-state index contributed by atoms with van der Waals surface area (Å²) < 4.78 is 6.12. The molecule has 0 spiro atoms. The highest BCUT2D eigenvalue weighted by molar-refractivity contribution is 6.91. The second kappa shape index (κ2) is 8.98. The summed E-state index contributed by atoms with van der Waals surface area (Å²) in [6, 6.07) is 25.8. The molecule has 0 heterocycles. The van der Waals surface area contributed by atoms with Crippen LogP contribution in [0.4, 0.5) is 0 Å². The smallest absolute Gasteiger partial charge is 0.338 e. The Morgan fingerprint density at radius 3 is 2.21 bits per heavy atom. The summed E-state index contributed by atoms with van der Waals surface area (Å²) in [6.07, 6.45) is -0.330. The van der Waals surface area contributed by atoms with Crippen LogP contribution in [0.15, 0.2) is 78.9 Å². The zero-order valence-corrected chi connectivity index (χ0v) is 19.1. The van der Waals surface area contributed by atoms with E-state index in [1.165, 1.54) is 10.8 Å². The summed E-state index contributed by atoms with van der Waals surface area (Å²) in [6.45, 7) is 8.93. The lowest BCUT2D eigenvalue weighted by Gasteiger charge is -2.36. The molecule has 2 unspecified atom stereocenters. The van der Waals surface area contributed by atoms with E-state index in [1.54, 1.807) is 24.3 Å². The first-order valence-corrected chi connectivity index (χ1v) is 13.3. The van der Waals surface area contributed by atoms with Gasteiger partial charge in [-0.25, -0.2) is 4.79 Å². The molecule has 0 N–H and O–H groups in total. The van der Waals surface area contributed by atoms with E-state index < -0.39 is 8.07 Å². The number of halogens is 1. The lowest BCUT2D eigenvalue weighted by Crippen LogP contribution is -2.47. The van der Waals surface area contributed by atoms with E-state index in [-0.39, 0.29) is 17.6 Å². The Bertz CT molecular complexity index is 968. The Hall–Kier alpha value is -2.36. The van der Waals surface area contributed by atoms with Crippen molar-refractivity contribution in [2.75, 3.05) is 0 Å². The molecule has 2 atom stereocenters. The minimum atomic E-state index is -1.92. The Labute approximate surface area is 179 Å². The van der Waals surface area contributed by atoms with Crippen LogP contribution in [0.2, 0.25) is 23.7 Å². The van der Waals surface area contributed by atoms with Gasteiger partial charge in [-0.2, -0.15) is 0 Å². The first-order valence-electron chi connectivity index (χ1n) is 9.87. The number of carbonyl (C=O) groups is 1. The number of aryl methyl sites for hydroxylation is 1. The third-order valence-corrected chi connectivity index (χ3v) is 10.4. The number of hydrogen-bond acceptors (Lipinski definition) is 2. The second-order valence-corrected chi connectivity index (χ2v) is 13.5. The number of rotatable bonds is 6. The van der Waals surface area contributed by atoms with Crippen molar-refractivity contribution in [1.29, 1.82) is 0 Å². The van der Waals surface area contributed by atoms with Gasteiger partial charge in [0.25, 0.3) is 0 Å². The molecule has 2 nitrogen and oxygen atoms in total. The fraction of sp³-hybridized carbons (Fsp3) is 0.240. The van der Waals surface area contributed by atoms with Gasteiger partial charge in [0.1, 0.15) is 6.10 Å². The van der Waals surface area contributed by atoms with Crippen LogP contribution >= 0.6 is 11.6 Å². The van der Waals surface area contributed by atoms with E-state index in [0.29, 0.717) is 10.6 Å². The minimum Gasteiger partial charge on any atom is -0.454 e. The Balaban J connectivity index is 1.96. The van der Waals surface area contributed by atoms with Gasteiger partial charge in [0, 0.05) is 5.02 Å². The minimum absolute atomic E-state index is 0.177. The van der Waals surface area contributed by atoms with E-state index in [2.05, 4.69) is 75.5 Å². The number of ether oxygens (including phenoxy) is 1. The van der Waals surface area contributed by atoms with Crippen LogP contribution in [0, 0.1) is 6.92 Å². The average Bonchev–Trinajstić information content (AvgIpc) is 2.72. The van der Waals surface area contributed by atoms with E-state index in [1.807, 2.05) is 6.07 Å². The Morgan fingerprint density at radius 2 is 1.59 bits per heavy atom. The topological polar surface area (TPSA) is 26.3 Å². The van der Waals surface area contributed by atoms with Crippen LogP contribution in [0.1, 0.15) is 34.5 Å². The fourth-order valence-electron chi connectivity index (χ4n) is 3.52. The van der Waals surface area contributed by atoms with E-state index in [0.717, 1.165) is 5.56 Å². The third kappa shape index (κ3) is 4.98. The number of esters is 1. The summed E-state index contributed by atoms with van der Waals surface area (Å²) in [5.74, 6) is -0.345. The molecule has 0 saturated heterocycles. The van der Waals surface area contributed by atoms with Gasteiger partial charge in [0.05, 0.1) is 13.6 Å². The number of benzene rings is 3. The molecule has 29 heavy (non-hydrogen) atoms. The van der Waals surface area contributed by atoms with Crippen LogP contribution in [-0.4, -0.2) is 14.0 Å². The van der Waals surface area contributed by atoms with Crippen molar-refractivity contribution in [1.82, 2.24) is 0 Å². The summed E-state index contributed by atoms with van der Waals surface area (Å²) in [5, 5.41) is 1.88. The van der Waals surface area contributed by atoms with Crippen LogP contribution in [0.5, 0.6) is 0 Å². The normalized spacial score (nSPS) is 13.6. The molecule has 0 saturated carbocycles. The van der Waals surface area contributed by atoms with Gasteiger partial charge in [-0.1, -0.05) is 103 Å². The molecule has 0 aliphatic rings. The van der Waals surface area contributed by atoms with Crippen molar-refractivity contribution in [3.8, 4) is 0 Å². The summed E-state index contributed by atoms with van der Waals surface area (Å²) in [5.41, 5.74) is 2.85. The van der Waals surface area contributed by atoms with Gasteiger partial charge in [-0.3, -0.25) is 0 Å². The maximum atomic E-state index is 13.0. The van der Waals surface area contributed by atoms with Crippen LogP contribution < -0.4 is 5.19 Å². The van der Waals surface area contributed by atoms with E-state index in [9.17, 15) is 4.79 Å². The largest absolute Gasteiger partial charge is 0.454 e. The molecular weight excluding hydrogens is 396 g/mol. The molecule has 4 heteroatoms. The van der Waals surface area contributed by atoms with E-state index >= 15 is 0 Å². The van der Waals surface area contributed by atoms with Gasteiger partial charge in [0.2, 0.25) is 0 Å². The Morgan fingerprint density at radius 1 is 0.931 bits per heavy atom. The van der Waals surface area contributed by atoms with Crippen molar-refractivity contribution < 1.29 is 9.53 Å². The first kappa shape index (κ1) is 21.3. The van der Waals surface area contributed by atoms with Crippen molar-refractivity contribution >= 4 is 30.8 Å². The quantitative estimate of drug-likeness (QED) is 0.332. The lowest BCUT2D eigenvalue weighted by atomic mass is 10.0. The van der Waals surface area contributed by atoms with Gasteiger partial charge in [-0.05, 0) is 36.2 Å². The molecule has 0 aliphatic carbocycles. The van der Waals surface area contributed by atoms with Crippen LogP contribution in [-0.2, 0) is 4.74 Å². The lowest BCUT2D eigenvalue weighted by molar-refractivity contribution is 0.0284. The predicted octanol–water partition coefficient (Wildman–Crippen LogP) is 6.55. The number of hydrogen-bond donors (Lipinski definition) is 0. The molecule has 0 aliphatic heterocycles. The maximum Gasteiger partial charge on any atom is 0.338 e. The number of carbonyl (C=O) groups excluding carboxylic acids is 1. The average molecular weight is 423 g/mol. The van der Waals surface area contributed by atoms with Gasteiger partial charge < -0.3 is 4.74 Å². The molecule has 0 aromatic heterocycles. The zero-order valence-electron chi connectivity index (χ0n) is 17.4. The molecule has 3 aromatic rings. The van der Waals surface area contributed by atoms with Crippen LogP contribution in [0.3, 0.4) is 0 Å². The molecule has 0 radical (unpaired) electrons. The molecular formula is C25H27ClO2Si. The van der Waals surface area contributed by atoms with Gasteiger partial charge in [-0.15, -0.1) is 0 Å². The third-order valence-electron chi connectivity index (χ3n) is 5.81. The van der Waals surface area contributed by atoms with Crippen molar-refractivity contribution in [3.63, 3.8) is 0 Å². The summed E-state index contributed by atoms with van der Waals surface area (Å²) >= 11 is 6.07. The van der Waals surface area contributed by atoms with Crippen molar-refractivity contribution in [2.24, 2.45) is 0 Å². The van der Waals surface area contributed by atoms with Gasteiger partial charge in [0.15, 0.2) is 0 Å². The molecule has 0 amide bonds. The van der Waals surface area contributed by atoms with Crippen molar-refractivity contribution in [3.05, 3.63) is 101 Å². The molecule has 3 rings (SSSR count). The molecule has 0 fully saturated rings. The highest BCUT2D eigenvalue weighted by Crippen LogP contribution is 2.38. The molecule has 0 bridgehead atoms. The van der Waals surface area contributed by atoms with Crippen LogP contribution in [0.25, 0.3) is 0 Å². The van der Waals surface area contributed by atoms with Crippen molar-refractivity contribution in [2.45, 2.75) is 38.6 Å². The summed E-state index contributed by atoms with van der Waals surface area (Å²) in [4.78, 5) is 13.0. The molecule has 150 valence electrons. The fourth-order valence-corrected chi connectivity index (χ4v) is 6.31. The summed E-state index contributed by atoms with van der Waals surface area (Å²) in [7, 11) is -1.92. The standard InChI is InChI=1S/C25H27ClO2Si/c1-18-13-15-20(16-14-18)24(28-25(27)21-9-8-10-22(26)17-21)19(2)29(3,4)23-11-6-5-7-12-23/h5-17,19,24H,1-4H3. The second-order valence-electron chi connectivity index (χ2n) is 8.12. The highest BCUT2D eigenvalue weighted by atomic mass is 35.5. The van der Waals surface area contributed by atoms with E-state index in [4.69, 9.17) is 16.3 Å².